The van der Waals surface area contributed by atoms with Crippen LogP contribution in [0.25, 0.3) is 0 Å². The van der Waals surface area contributed by atoms with Crippen molar-refractivity contribution in [2.75, 3.05) is 0 Å². The molecule has 1 aliphatic carbocycles. The summed E-state index contributed by atoms with van der Waals surface area (Å²) in [7, 11) is 0. The van der Waals surface area contributed by atoms with Crippen LogP contribution in [0.5, 0.6) is 0 Å². The highest BCUT2D eigenvalue weighted by atomic mass is 16.3. The van der Waals surface area contributed by atoms with Crippen molar-refractivity contribution in [1.29, 1.82) is 0 Å². The second-order valence-corrected chi connectivity index (χ2v) is 3.15. The Morgan fingerprint density at radius 3 is 2.38 bits per heavy atom. The number of rotatable bonds is 0. The lowest BCUT2D eigenvalue weighted by Crippen LogP contribution is -2.26. The molecule has 2 unspecified atom stereocenters. The van der Waals surface area contributed by atoms with Crippen molar-refractivity contribution in [3.63, 3.8) is 0 Å². The minimum Gasteiger partial charge on any atom is -0.390 e. The first-order valence-corrected chi connectivity index (χ1v) is 3.35. The van der Waals surface area contributed by atoms with Gasteiger partial charge in [0, 0.05) is 0 Å². The quantitative estimate of drug-likeness (QED) is 0.506. The third-order valence-corrected chi connectivity index (χ3v) is 2.38. The van der Waals surface area contributed by atoms with Gasteiger partial charge in [0.15, 0.2) is 0 Å². The van der Waals surface area contributed by atoms with Crippen molar-refractivity contribution in [3.05, 3.63) is 0 Å². The predicted octanol–water partition coefficient (Wildman–Crippen LogP) is 1.56. The van der Waals surface area contributed by atoms with Crippen LogP contribution in [0.3, 0.4) is 0 Å². The molecule has 48 valence electrons. The van der Waals surface area contributed by atoms with Crippen LogP contribution in [0.4, 0.5) is 0 Å². The van der Waals surface area contributed by atoms with E-state index in [1.807, 2.05) is 6.92 Å². The summed E-state index contributed by atoms with van der Waals surface area (Å²) in [4.78, 5) is 0. The Labute approximate surface area is 50.7 Å². The van der Waals surface area contributed by atoms with E-state index in [0.29, 0.717) is 5.92 Å². The molecule has 1 aliphatic rings. The van der Waals surface area contributed by atoms with Crippen LogP contribution in [-0.2, 0) is 0 Å². The molecular formula is C7H14O. The van der Waals surface area contributed by atoms with Crippen molar-refractivity contribution in [3.8, 4) is 0 Å². The first-order chi connectivity index (χ1) is 3.63. The topological polar surface area (TPSA) is 20.2 Å². The second-order valence-electron chi connectivity index (χ2n) is 3.15. The molecule has 0 amide bonds. The van der Waals surface area contributed by atoms with Crippen LogP contribution in [0, 0.1) is 5.92 Å². The fraction of sp³-hybridized carbons (Fsp3) is 1.00. The van der Waals surface area contributed by atoms with Gasteiger partial charge in [-0.3, -0.25) is 0 Å². The van der Waals surface area contributed by atoms with E-state index in [2.05, 4.69) is 6.92 Å². The zero-order chi connectivity index (χ0) is 6.20. The fourth-order valence-electron chi connectivity index (χ4n) is 1.32. The highest BCUT2D eigenvalue weighted by Crippen LogP contribution is 2.34. The average molecular weight is 114 g/mol. The molecule has 0 saturated heterocycles. The lowest BCUT2D eigenvalue weighted by Gasteiger charge is -2.20. The fourth-order valence-corrected chi connectivity index (χ4v) is 1.32. The van der Waals surface area contributed by atoms with E-state index >= 15 is 0 Å². The van der Waals surface area contributed by atoms with Crippen LogP contribution in [0.1, 0.15) is 33.1 Å². The Morgan fingerprint density at radius 2 is 2.25 bits per heavy atom. The standard InChI is InChI=1S/C7H14O/c1-6-4-3-5-7(6,2)8/h6,8H,3-5H2,1-2H3. The molecule has 0 spiro atoms. The van der Waals surface area contributed by atoms with Gasteiger partial charge in [-0.25, -0.2) is 0 Å². The van der Waals surface area contributed by atoms with Gasteiger partial charge in [-0.15, -0.1) is 0 Å². The average Bonchev–Trinajstić information content (AvgIpc) is 1.86. The molecule has 8 heavy (non-hydrogen) atoms. The molecule has 1 rings (SSSR count). The molecule has 2 atom stereocenters. The van der Waals surface area contributed by atoms with E-state index in [4.69, 9.17) is 0 Å². The van der Waals surface area contributed by atoms with Crippen molar-refractivity contribution < 1.29 is 5.11 Å². The Morgan fingerprint density at radius 1 is 1.62 bits per heavy atom. The third kappa shape index (κ3) is 0.873. The maximum atomic E-state index is 9.46. The molecule has 1 nitrogen and oxygen atoms in total. The van der Waals surface area contributed by atoms with Gasteiger partial charge in [0.05, 0.1) is 5.60 Å². The maximum absolute atomic E-state index is 9.46. The van der Waals surface area contributed by atoms with E-state index in [9.17, 15) is 5.11 Å². The molecule has 1 heteroatoms. The van der Waals surface area contributed by atoms with Gasteiger partial charge in [-0.1, -0.05) is 13.3 Å². The Hall–Kier alpha value is -0.0400. The van der Waals surface area contributed by atoms with Gasteiger partial charge in [-0.05, 0) is 25.7 Å². The smallest absolute Gasteiger partial charge is 0.0645 e. The van der Waals surface area contributed by atoms with Crippen LogP contribution in [0.15, 0.2) is 0 Å². The largest absolute Gasteiger partial charge is 0.390 e. The van der Waals surface area contributed by atoms with E-state index in [0.717, 1.165) is 6.42 Å². The molecule has 0 aromatic heterocycles. The van der Waals surface area contributed by atoms with Gasteiger partial charge in [-0.2, -0.15) is 0 Å². The SMILES string of the molecule is CC1CCCC1(C)O. The number of hydrogen-bond acceptors (Lipinski definition) is 1. The highest BCUT2D eigenvalue weighted by molar-refractivity contribution is 4.84. The van der Waals surface area contributed by atoms with Crippen molar-refractivity contribution in [1.82, 2.24) is 0 Å². The van der Waals surface area contributed by atoms with Crippen LogP contribution in [0.2, 0.25) is 0 Å². The van der Waals surface area contributed by atoms with E-state index in [-0.39, 0.29) is 5.60 Å². The summed E-state index contributed by atoms with van der Waals surface area (Å²) in [5, 5.41) is 9.46. The van der Waals surface area contributed by atoms with E-state index in [1.165, 1.54) is 12.8 Å². The van der Waals surface area contributed by atoms with Gasteiger partial charge in [0.25, 0.3) is 0 Å². The van der Waals surface area contributed by atoms with Gasteiger partial charge in [0.2, 0.25) is 0 Å². The monoisotopic (exact) mass is 114 g/mol. The van der Waals surface area contributed by atoms with Crippen molar-refractivity contribution in [2.24, 2.45) is 5.92 Å². The number of aliphatic hydroxyl groups is 1. The summed E-state index contributed by atoms with van der Waals surface area (Å²) in [6.45, 7) is 4.05. The van der Waals surface area contributed by atoms with Crippen molar-refractivity contribution >= 4 is 0 Å². The van der Waals surface area contributed by atoms with Crippen LogP contribution in [-0.4, -0.2) is 10.7 Å². The minimum absolute atomic E-state index is 0.347. The summed E-state index contributed by atoms with van der Waals surface area (Å²) >= 11 is 0. The van der Waals surface area contributed by atoms with Crippen molar-refractivity contribution in [2.45, 2.75) is 38.7 Å². The summed E-state index contributed by atoms with van der Waals surface area (Å²) in [5.74, 6) is 0.516. The van der Waals surface area contributed by atoms with Crippen LogP contribution < -0.4 is 0 Å². The molecule has 1 fully saturated rings. The molecule has 0 aromatic carbocycles. The number of hydrogen-bond donors (Lipinski definition) is 1. The van der Waals surface area contributed by atoms with Crippen LogP contribution >= 0.6 is 0 Å². The zero-order valence-corrected chi connectivity index (χ0v) is 5.65. The zero-order valence-electron chi connectivity index (χ0n) is 5.65. The first-order valence-electron chi connectivity index (χ1n) is 3.35. The van der Waals surface area contributed by atoms with Gasteiger partial charge < -0.3 is 5.11 Å². The van der Waals surface area contributed by atoms with E-state index < -0.39 is 0 Å². The predicted molar refractivity (Wildman–Crippen MR) is 33.6 cm³/mol. The van der Waals surface area contributed by atoms with E-state index in [1.54, 1.807) is 0 Å². The molecule has 1 N–H and O–H groups in total. The lowest BCUT2D eigenvalue weighted by atomic mass is 9.95. The summed E-state index contributed by atoms with van der Waals surface area (Å²) < 4.78 is 0. The maximum Gasteiger partial charge on any atom is 0.0645 e. The summed E-state index contributed by atoms with van der Waals surface area (Å²) in [6.07, 6.45) is 3.40. The third-order valence-electron chi connectivity index (χ3n) is 2.38. The Kier molecular flexibility index (Phi) is 1.31. The molecule has 0 radical (unpaired) electrons. The second kappa shape index (κ2) is 1.73. The Bertz CT molecular complexity index is 86.4. The first kappa shape index (κ1) is 6.09. The van der Waals surface area contributed by atoms with Gasteiger partial charge in [0.1, 0.15) is 0 Å². The molecule has 0 aromatic rings. The Balaban J connectivity index is 2.54. The highest BCUT2D eigenvalue weighted by Gasteiger charge is 2.32. The summed E-state index contributed by atoms with van der Waals surface area (Å²) in [6, 6.07) is 0. The molecule has 0 aliphatic heterocycles. The molecular weight excluding hydrogens is 100 g/mol. The minimum atomic E-state index is -0.347. The van der Waals surface area contributed by atoms with Gasteiger partial charge >= 0.3 is 0 Å². The molecule has 0 heterocycles. The normalized spacial score (nSPS) is 47.6. The summed E-state index contributed by atoms with van der Waals surface area (Å²) in [5.41, 5.74) is -0.347. The molecule has 1 saturated carbocycles. The lowest BCUT2D eigenvalue weighted by molar-refractivity contribution is 0.0284. The molecule has 0 bridgehead atoms.